The minimum atomic E-state index is -0.689. The summed E-state index contributed by atoms with van der Waals surface area (Å²) in [6.45, 7) is 3.82. The van der Waals surface area contributed by atoms with E-state index in [1.165, 1.54) is 23.5 Å². The summed E-state index contributed by atoms with van der Waals surface area (Å²) < 4.78 is 17.4. The summed E-state index contributed by atoms with van der Waals surface area (Å²) in [4.78, 5) is 28.8. The van der Waals surface area contributed by atoms with Crippen molar-refractivity contribution in [2.75, 3.05) is 40.0 Å². The van der Waals surface area contributed by atoms with Crippen LogP contribution in [0, 0.1) is 0 Å². The summed E-state index contributed by atoms with van der Waals surface area (Å²) >= 11 is 2.81. The first-order chi connectivity index (χ1) is 13.7. The number of carbonyl (C=O) groups is 2. The molecule has 1 saturated heterocycles. The predicted molar refractivity (Wildman–Crippen MR) is 117 cm³/mol. The number of ether oxygens (including phenoxy) is 3. The molecule has 1 aromatic carbocycles. The average Bonchev–Trinajstić information content (AvgIpc) is 3.23. The van der Waals surface area contributed by atoms with Crippen molar-refractivity contribution in [1.29, 1.82) is 0 Å². The van der Waals surface area contributed by atoms with Crippen LogP contribution >= 0.6 is 35.9 Å². The highest BCUT2D eigenvalue weighted by atomic mass is 35.5. The average molecular weight is 456 g/mol. The second-order valence-corrected chi connectivity index (χ2v) is 8.67. The van der Waals surface area contributed by atoms with Crippen molar-refractivity contribution in [2.24, 2.45) is 0 Å². The van der Waals surface area contributed by atoms with Crippen LogP contribution in [-0.4, -0.2) is 62.5 Å². The Labute approximate surface area is 184 Å². The van der Waals surface area contributed by atoms with Crippen molar-refractivity contribution in [3.05, 3.63) is 44.4 Å². The fraction of sp³-hybridized carbons (Fsp3) is 0.400. The van der Waals surface area contributed by atoms with E-state index in [2.05, 4.69) is 4.90 Å². The maximum absolute atomic E-state index is 13.3. The van der Waals surface area contributed by atoms with Crippen LogP contribution in [0.5, 0.6) is 11.5 Å². The summed E-state index contributed by atoms with van der Waals surface area (Å²) in [5, 5.41) is 3.77. The molecular formula is C20H22ClNO5S2. The Kier molecular flexibility index (Phi) is 7.70. The van der Waals surface area contributed by atoms with Crippen LogP contribution in [0.2, 0.25) is 0 Å². The van der Waals surface area contributed by atoms with Crippen LogP contribution in [0.1, 0.15) is 16.8 Å². The van der Waals surface area contributed by atoms with E-state index in [0.717, 1.165) is 19.6 Å². The van der Waals surface area contributed by atoms with Gasteiger partial charge in [-0.25, -0.2) is 0 Å². The number of thioether (sulfide) groups is 2. The van der Waals surface area contributed by atoms with Gasteiger partial charge in [-0.1, -0.05) is 23.5 Å². The molecule has 1 atom stereocenters. The lowest BCUT2D eigenvalue weighted by Gasteiger charge is -2.28. The molecule has 0 radical (unpaired) electrons. The van der Waals surface area contributed by atoms with Crippen LogP contribution in [-0.2, 0) is 9.53 Å². The molecule has 9 heteroatoms. The molecular weight excluding hydrogens is 434 g/mol. The number of methoxy groups -OCH3 is 1. The largest absolute Gasteiger partial charge is 0.497 e. The van der Waals surface area contributed by atoms with Gasteiger partial charge in [-0.15, -0.1) is 12.4 Å². The van der Waals surface area contributed by atoms with Crippen molar-refractivity contribution in [2.45, 2.75) is 12.5 Å². The Morgan fingerprint density at radius 3 is 2.59 bits per heavy atom. The van der Waals surface area contributed by atoms with Gasteiger partial charge in [-0.05, 0) is 29.0 Å². The summed E-state index contributed by atoms with van der Waals surface area (Å²) in [6, 6.07) is 5.10. The number of halogens is 1. The first kappa shape index (κ1) is 22.2. The SMILES string of the molecule is COc1ccc2c(c1)C(=O)C(=C1SC=CS1)C(=O)C(CCN1CCOCC1)O2.Cl. The molecule has 0 aliphatic carbocycles. The molecule has 1 fully saturated rings. The zero-order valence-electron chi connectivity index (χ0n) is 15.9. The van der Waals surface area contributed by atoms with E-state index >= 15 is 0 Å². The van der Waals surface area contributed by atoms with E-state index in [-0.39, 0.29) is 29.5 Å². The Morgan fingerprint density at radius 1 is 1.17 bits per heavy atom. The second kappa shape index (κ2) is 10.0. The Bertz CT molecular complexity index is 841. The molecule has 156 valence electrons. The van der Waals surface area contributed by atoms with Gasteiger partial charge in [0.15, 0.2) is 6.10 Å². The van der Waals surface area contributed by atoms with E-state index in [1.54, 1.807) is 25.3 Å². The van der Waals surface area contributed by atoms with Crippen LogP contribution in [0.25, 0.3) is 0 Å². The summed E-state index contributed by atoms with van der Waals surface area (Å²) in [5.74, 6) is 0.449. The van der Waals surface area contributed by atoms with Gasteiger partial charge in [0.1, 0.15) is 11.5 Å². The van der Waals surface area contributed by atoms with Gasteiger partial charge in [0, 0.05) is 26.1 Å². The molecule has 29 heavy (non-hydrogen) atoms. The lowest BCUT2D eigenvalue weighted by atomic mass is 9.98. The van der Waals surface area contributed by atoms with Crippen LogP contribution < -0.4 is 9.47 Å². The number of rotatable bonds is 4. The third-order valence-corrected chi connectivity index (χ3v) is 7.02. The third kappa shape index (κ3) is 4.83. The molecule has 3 aliphatic heterocycles. The van der Waals surface area contributed by atoms with Crippen molar-refractivity contribution in [1.82, 2.24) is 4.90 Å². The molecule has 0 N–H and O–H groups in total. The standard InChI is InChI=1S/C20H21NO5S2.ClH/c1-24-13-2-3-15-14(12-13)18(22)17(20-27-10-11-28-20)19(23)16(26-15)4-5-21-6-8-25-9-7-21;/h2-3,10-12,16H,4-9H2,1H3;1H. The monoisotopic (exact) mass is 455 g/mol. The minimum absolute atomic E-state index is 0. The molecule has 1 unspecified atom stereocenters. The van der Waals surface area contributed by atoms with Gasteiger partial charge in [-0.2, -0.15) is 0 Å². The molecule has 6 nitrogen and oxygen atoms in total. The molecule has 0 spiro atoms. The zero-order valence-corrected chi connectivity index (χ0v) is 18.4. The van der Waals surface area contributed by atoms with Gasteiger partial charge in [-0.3, -0.25) is 14.5 Å². The summed E-state index contributed by atoms with van der Waals surface area (Å²) in [7, 11) is 1.55. The minimum Gasteiger partial charge on any atom is -0.497 e. The smallest absolute Gasteiger partial charge is 0.208 e. The fourth-order valence-corrected chi connectivity index (χ4v) is 5.23. The van der Waals surface area contributed by atoms with Crippen molar-refractivity contribution >= 4 is 47.5 Å². The molecule has 0 amide bonds. The van der Waals surface area contributed by atoms with E-state index in [9.17, 15) is 9.59 Å². The zero-order chi connectivity index (χ0) is 19.5. The number of hydrogen-bond donors (Lipinski definition) is 0. The van der Waals surface area contributed by atoms with Crippen LogP contribution in [0.4, 0.5) is 0 Å². The number of morpholine rings is 1. The molecule has 1 aromatic rings. The number of carbonyl (C=O) groups excluding carboxylic acids is 2. The highest BCUT2D eigenvalue weighted by Crippen LogP contribution is 2.43. The number of ketones is 2. The Morgan fingerprint density at radius 2 is 1.90 bits per heavy atom. The van der Waals surface area contributed by atoms with E-state index < -0.39 is 6.10 Å². The molecule has 0 saturated carbocycles. The van der Waals surface area contributed by atoms with Crippen molar-refractivity contribution in [3.8, 4) is 11.5 Å². The summed E-state index contributed by atoms with van der Waals surface area (Å²) in [5.41, 5.74) is 0.594. The fourth-order valence-electron chi connectivity index (χ4n) is 3.36. The van der Waals surface area contributed by atoms with Crippen LogP contribution in [0.15, 0.2) is 38.8 Å². The number of fused-ring (bicyclic) bond motifs is 1. The normalized spacial score (nSPS) is 22.0. The van der Waals surface area contributed by atoms with Gasteiger partial charge in [0.2, 0.25) is 11.6 Å². The third-order valence-electron chi connectivity index (χ3n) is 4.89. The van der Waals surface area contributed by atoms with Crippen molar-refractivity contribution < 1.29 is 23.8 Å². The lowest BCUT2D eigenvalue weighted by molar-refractivity contribution is -0.122. The maximum atomic E-state index is 13.3. The number of benzene rings is 1. The highest BCUT2D eigenvalue weighted by molar-refractivity contribution is 8.27. The molecule has 4 rings (SSSR count). The lowest BCUT2D eigenvalue weighted by Crippen LogP contribution is -2.40. The van der Waals surface area contributed by atoms with Gasteiger partial charge in [0.25, 0.3) is 0 Å². The number of hydrogen-bond acceptors (Lipinski definition) is 8. The molecule has 0 aromatic heterocycles. The molecule has 3 heterocycles. The maximum Gasteiger partial charge on any atom is 0.208 e. The van der Waals surface area contributed by atoms with Gasteiger partial charge < -0.3 is 14.2 Å². The van der Waals surface area contributed by atoms with E-state index in [0.29, 0.717) is 40.9 Å². The molecule has 0 bridgehead atoms. The van der Waals surface area contributed by atoms with Crippen molar-refractivity contribution in [3.63, 3.8) is 0 Å². The Balaban J connectivity index is 0.00000240. The quantitative estimate of drug-likeness (QED) is 0.504. The van der Waals surface area contributed by atoms with E-state index in [1.807, 2.05) is 10.8 Å². The first-order valence-corrected chi connectivity index (χ1v) is 10.9. The predicted octanol–water partition coefficient (Wildman–Crippen LogP) is 3.51. The molecule has 3 aliphatic rings. The Hall–Kier alpha value is -1.45. The van der Waals surface area contributed by atoms with Gasteiger partial charge in [0.05, 0.1) is 35.7 Å². The van der Waals surface area contributed by atoms with Crippen LogP contribution in [0.3, 0.4) is 0 Å². The topological polar surface area (TPSA) is 65.1 Å². The first-order valence-electron chi connectivity index (χ1n) is 9.13. The van der Waals surface area contributed by atoms with E-state index in [4.69, 9.17) is 14.2 Å². The summed E-state index contributed by atoms with van der Waals surface area (Å²) in [6.07, 6.45) is -0.164. The van der Waals surface area contributed by atoms with Gasteiger partial charge >= 0.3 is 0 Å². The second-order valence-electron chi connectivity index (χ2n) is 6.57. The number of nitrogens with zero attached hydrogens (tertiary/aromatic N) is 1. The highest BCUT2D eigenvalue weighted by Gasteiger charge is 2.37. The number of Topliss-reactive ketones (excluding diaryl/α,β-unsaturated/α-hetero) is 2.